The minimum atomic E-state index is -1.02. The SMILES string of the molecule is CC(C)(NC(=O)OCc1ccccc1)c1cc(OC2[C@H]3CN(C(=O)c4cn(-c5ncccn5)nc4CO)C[C@@H]23)nc(-c2ccc(F)c(F)c2)c1. The maximum absolute atomic E-state index is 14.3. The summed E-state index contributed by atoms with van der Waals surface area (Å²) in [5.41, 5.74) is 1.58. The largest absolute Gasteiger partial charge is 0.474 e. The summed E-state index contributed by atoms with van der Waals surface area (Å²) in [5, 5.41) is 17.1. The van der Waals surface area contributed by atoms with Crippen LogP contribution in [0.5, 0.6) is 5.88 Å². The van der Waals surface area contributed by atoms with E-state index >= 15 is 0 Å². The number of nitrogens with zero attached hydrogens (tertiary/aromatic N) is 6. The Bertz CT molecular complexity index is 2030. The van der Waals surface area contributed by atoms with Crippen LogP contribution >= 0.6 is 0 Å². The third-order valence-electron chi connectivity index (χ3n) is 8.95. The third-order valence-corrected chi connectivity index (χ3v) is 8.95. The van der Waals surface area contributed by atoms with Crippen LogP contribution in [-0.4, -0.2) is 65.9 Å². The highest BCUT2D eigenvalue weighted by molar-refractivity contribution is 5.95. The molecular formula is C36H33F2N7O5. The molecule has 1 saturated heterocycles. The minimum Gasteiger partial charge on any atom is -0.474 e. The van der Waals surface area contributed by atoms with E-state index in [0.717, 1.165) is 17.7 Å². The van der Waals surface area contributed by atoms with Gasteiger partial charge >= 0.3 is 6.09 Å². The van der Waals surface area contributed by atoms with Crippen LogP contribution in [0.1, 0.15) is 41.0 Å². The van der Waals surface area contributed by atoms with Crippen LogP contribution in [0.4, 0.5) is 13.6 Å². The Hall–Kier alpha value is -5.76. The van der Waals surface area contributed by atoms with Gasteiger partial charge in [0, 0.05) is 55.1 Å². The van der Waals surface area contributed by atoms with E-state index in [1.54, 1.807) is 49.3 Å². The van der Waals surface area contributed by atoms with Crippen LogP contribution < -0.4 is 10.1 Å². The van der Waals surface area contributed by atoms with Crippen molar-refractivity contribution in [2.24, 2.45) is 11.8 Å². The highest BCUT2D eigenvalue weighted by Crippen LogP contribution is 2.48. The summed E-state index contributed by atoms with van der Waals surface area (Å²) in [5.74, 6) is -1.71. The molecule has 5 aromatic rings. The number of ether oxygens (including phenoxy) is 2. The number of likely N-dealkylation sites (tertiary alicyclic amines) is 1. The van der Waals surface area contributed by atoms with Crippen molar-refractivity contribution in [1.29, 1.82) is 0 Å². The normalized spacial score (nSPS) is 18.0. The van der Waals surface area contributed by atoms with Gasteiger partial charge in [-0.05, 0) is 55.3 Å². The second-order valence-corrected chi connectivity index (χ2v) is 12.8. The van der Waals surface area contributed by atoms with Gasteiger partial charge in [-0.3, -0.25) is 4.79 Å². The predicted octanol–water partition coefficient (Wildman–Crippen LogP) is 4.81. The summed E-state index contributed by atoms with van der Waals surface area (Å²) in [6, 6.07) is 17.8. The van der Waals surface area contributed by atoms with Crippen LogP contribution in [0.25, 0.3) is 17.2 Å². The predicted molar refractivity (Wildman–Crippen MR) is 175 cm³/mol. The first-order valence-electron chi connectivity index (χ1n) is 16.0. The number of rotatable bonds is 10. The molecule has 2 fully saturated rings. The number of carbonyl (C=O) groups excluding carboxylic acids is 2. The lowest BCUT2D eigenvalue weighted by Gasteiger charge is -2.27. The first kappa shape index (κ1) is 32.8. The van der Waals surface area contributed by atoms with E-state index in [1.165, 1.54) is 16.9 Å². The number of carbonyl (C=O) groups is 2. The first-order valence-corrected chi connectivity index (χ1v) is 16.0. The number of piperidine rings is 1. The molecule has 2 amide bonds. The molecule has 3 aromatic heterocycles. The van der Waals surface area contributed by atoms with Crippen molar-refractivity contribution in [1.82, 2.24) is 34.9 Å². The molecule has 12 nitrogen and oxygen atoms in total. The highest BCUT2D eigenvalue weighted by atomic mass is 19.2. The Morgan fingerprint density at radius 3 is 2.42 bits per heavy atom. The van der Waals surface area contributed by atoms with E-state index in [-0.39, 0.29) is 53.5 Å². The number of halogens is 2. The number of aliphatic hydroxyl groups excluding tert-OH is 1. The fourth-order valence-corrected chi connectivity index (χ4v) is 6.16. The molecule has 1 saturated carbocycles. The van der Waals surface area contributed by atoms with Gasteiger partial charge < -0.3 is 24.8 Å². The first-order chi connectivity index (χ1) is 24.1. The number of hydrogen-bond acceptors (Lipinski definition) is 9. The quantitative estimate of drug-likeness (QED) is 0.212. The van der Waals surface area contributed by atoms with Crippen molar-refractivity contribution in [2.75, 3.05) is 13.1 Å². The summed E-state index contributed by atoms with van der Waals surface area (Å²) in [7, 11) is 0. The number of nitrogens with one attached hydrogen (secondary N) is 1. The van der Waals surface area contributed by atoms with Gasteiger partial charge in [0.1, 0.15) is 18.4 Å². The maximum atomic E-state index is 14.3. The molecule has 14 heteroatoms. The second-order valence-electron chi connectivity index (χ2n) is 12.8. The van der Waals surface area contributed by atoms with E-state index < -0.39 is 29.9 Å². The summed E-state index contributed by atoms with van der Waals surface area (Å²) < 4.78 is 41.2. The molecule has 50 heavy (non-hydrogen) atoms. The smallest absolute Gasteiger partial charge is 0.408 e. The monoisotopic (exact) mass is 681 g/mol. The topological polar surface area (TPSA) is 145 Å². The standard InChI is InChI=1S/C36H33F2N7O5/c1-36(2,42-35(48)49-20-21-7-4-3-5-8-21)23-14-29(22-9-10-27(37)28(38)13-22)41-31(15-23)50-32-24-16-44(17-25(24)32)33(47)26-18-45(43-30(26)19-46)34-39-11-6-12-40-34/h3-15,18,24-25,32,46H,16-17,19-20H2,1-2H3,(H,42,48)/t24-,25+,32?. The van der Waals surface area contributed by atoms with Gasteiger partial charge in [-0.2, -0.15) is 5.10 Å². The summed E-state index contributed by atoms with van der Waals surface area (Å²) in [4.78, 5) is 40.9. The Labute approximate surface area is 285 Å². The maximum Gasteiger partial charge on any atom is 0.408 e. The Morgan fingerprint density at radius 1 is 0.980 bits per heavy atom. The molecule has 0 radical (unpaired) electrons. The zero-order chi connectivity index (χ0) is 35.0. The van der Waals surface area contributed by atoms with E-state index in [0.29, 0.717) is 29.9 Å². The Kier molecular flexibility index (Phi) is 8.70. The van der Waals surface area contributed by atoms with E-state index in [4.69, 9.17) is 9.47 Å². The van der Waals surface area contributed by atoms with Gasteiger partial charge in [-0.15, -0.1) is 0 Å². The molecular weight excluding hydrogens is 648 g/mol. The molecule has 3 atom stereocenters. The summed E-state index contributed by atoms with van der Waals surface area (Å²) >= 11 is 0. The average molecular weight is 682 g/mol. The van der Waals surface area contributed by atoms with Crippen molar-refractivity contribution < 1.29 is 33.0 Å². The molecule has 256 valence electrons. The van der Waals surface area contributed by atoms with Gasteiger partial charge in [-0.25, -0.2) is 33.2 Å². The minimum absolute atomic E-state index is 0.0281. The Morgan fingerprint density at radius 2 is 1.72 bits per heavy atom. The summed E-state index contributed by atoms with van der Waals surface area (Å²) in [6.45, 7) is 4.07. The number of hydrogen-bond donors (Lipinski definition) is 2. The summed E-state index contributed by atoms with van der Waals surface area (Å²) in [6.07, 6.45) is 3.75. The molecule has 7 rings (SSSR count). The van der Waals surface area contributed by atoms with Gasteiger partial charge in [0.2, 0.25) is 11.8 Å². The van der Waals surface area contributed by atoms with Gasteiger partial charge in [0.05, 0.1) is 23.4 Å². The lowest BCUT2D eigenvalue weighted by Crippen LogP contribution is -2.41. The zero-order valence-corrected chi connectivity index (χ0v) is 27.2. The molecule has 1 aliphatic heterocycles. The number of pyridine rings is 1. The van der Waals surface area contributed by atoms with Crippen LogP contribution in [0.15, 0.2) is 85.3 Å². The number of aromatic nitrogens is 5. The fraction of sp³-hybridized carbons (Fsp3) is 0.278. The fourth-order valence-electron chi connectivity index (χ4n) is 6.16. The molecule has 1 aliphatic carbocycles. The van der Waals surface area contributed by atoms with Crippen LogP contribution in [0.3, 0.4) is 0 Å². The Balaban J connectivity index is 1.07. The third kappa shape index (κ3) is 6.74. The second kappa shape index (κ2) is 13.3. The van der Waals surface area contributed by atoms with Crippen molar-refractivity contribution >= 4 is 12.0 Å². The van der Waals surface area contributed by atoms with Crippen molar-refractivity contribution in [3.63, 3.8) is 0 Å². The van der Waals surface area contributed by atoms with Gasteiger partial charge in [-0.1, -0.05) is 30.3 Å². The van der Waals surface area contributed by atoms with E-state index in [2.05, 4.69) is 25.4 Å². The van der Waals surface area contributed by atoms with Crippen LogP contribution in [0.2, 0.25) is 0 Å². The molecule has 0 bridgehead atoms. The lowest BCUT2D eigenvalue weighted by molar-refractivity contribution is 0.0748. The molecule has 4 heterocycles. The molecule has 2 N–H and O–H groups in total. The van der Waals surface area contributed by atoms with Crippen molar-refractivity contribution in [2.45, 2.75) is 38.7 Å². The van der Waals surface area contributed by atoms with Crippen molar-refractivity contribution in [3.05, 3.63) is 119 Å². The van der Waals surface area contributed by atoms with Crippen LogP contribution in [0, 0.1) is 23.5 Å². The molecule has 1 unspecified atom stereocenters. The molecule has 2 aromatic carbocycles. The molecule has 2 aliphatic rings. The van der Waals surface area contributed by atoms with Gasteiger partial charge in [0.25, 0.3) is 5.91 Å². The van der Waals surface area contributed by atoms with E-state index in [9.17, 15) is 23.5 Å². The highest BCUT2D eigenvalue weighted by Gasteiger charge is 2.59. The van der Waals surface area contributed by atoms with Crippen LogP contribution in [-0.2, 0) is 23.5 Å². The number of amides is 2. The van der Waals surface area contributed by atoms with Gasteiger partial charge in [0.15, 0.2) is 11.6 Å². The number of alkyl carbamates (subject to hydrolysis) is 1. The number of benzene rings is 2. The van der Waals surface area contributed by atoms with E-state index in [1.807, 2.05) is 30.3 Å². The zero-order valence-electron chi connectivity index (χ0n) is 27.2. The number of aliphatic hydroxyl groups is 1. The lowest BCUT2D eigenvalue weighted by atomic mass is 9.93. The average Bonchev–Trinajstić information content (AvgIpc) is 3.44. The molecule has 0 spiro atoms. The van der Waals surface area contributed by atoms with Crippen molar-refractivity contribution in [3.8, 4) is 23.1 Å². The number of fused-ring (bicyclic) bond motifs is 1.